The van der Waals surface area contributed by atoms with Crippen LogP contribution in [0.3, 0.4) is 0 Å². The highest BCUT2D eigenvalue weighted by Crippen LogP contribution is 2.29. The van der Waals surface area contributed by atoms with E-state index in [9.17, 15) is 8.78 Å². The monoisotopic (exact) mass is 428 g/mol. The molecule has 0 spiro atoms. The van der Waals surface area contributed by atoms with Crippen LogP contribution in [0, 0.1) is 12.8 Å². The van der Waals surface area contributed by atoms with Gasteiger partial charge in [0.05, 0.1) is 11.7 Å². The SMILES string of the molecule is CC(C)=Nc1ncc(-c2ccn3nc(NCC4CCC4)ncc23)cc1C.CCC(F)F. The molecule has 3 aromatic heterocycles. The van der Waals surface area contributed by atoms with Crippen LogP contribution in [0.4, 0.5) is 20.5 Å². The average Bonchev–Trinajstić information content (AvgIpc) is 3.12. The zero-order valence-electron chi connectivity index (χ0n) is 18.6. The lowest BCUT2D eigenvalue weighted by Crippen LogP contribution is -2.22. The first kappa shape index (κ1) is 22.8. The fraction of sp³-hybridized carbons (Fsp3) is 0.478. The van der Waals surface area contributed by atoms with Gasteiger partial charge in [-0.05, 0) is 57.2 Å². The Morgan fingerprint density at radius 1 is 1.26 bits per heavy atom. The molecule has 0 aromatic carbocycles. The summed E-state index contributed by atoms with van der Waals surface area (Å²) in [4.78, 5) is 13.5. The Morgan fingerprint density at radius 2 is 2.00 bits per heavy atom. The first-order valence-corrected chi connectivity index (χ1v) is 10.7. The van der Waals surface area contributed by atoms with Crippen LogP contribution in [0.2, 0.25) is 0 Å². The molecule has 0 radical (unpaired) electrons. The number of aromatic nitrogens is 4. The number of nitrogens with one attached hydrogen (secondary N) is 1. The summed E-state index contributed by atoms with van der Waals surface area (Å²) in [6.07, 6.45) is 7.55. The summed E-state index contributed by atoms with van der Waals surface area (Å²) < 4.78 is 23.4. The molecule has 0 atom stereocenters. The molecule has 8 heteroatoms. The Kier molecular flexibility index (Phi) is 7.65. The first-order valence-electron chi connectivity index (χ1n) is 10.7. The third-order valence-corrected chi connectivity index (χ3v) is 5.19. The van der Waals surface area contributed by atoms with Crippen molar-refractivity contribution in [2.45, 2.75) is 59.8 Å². The second kappa shape index (κ2) is 10.4. The molecule has 31 heavy (non-hydrogen) atoms. The zero-order chi connectivity index (χ0) is 22.4. The zero-order valence-corrected chi connectivity index (χ0v) is 18.6. The van der Waals surface area contributed by atoms with Crippen molar-refractivity contribution in [1.82, 2.24) is 19.6 Å². The van der Waals surface area contributed by atoms with Gasteiger partial charge in [0.25, 0.3) is 0 Å². The molecule has 3 heterocycles. The minimum Gasteiger partial charge on any atom is -0.353 e. The number of alkyl halides is 2. The van der Waals surface area contributed by atoms with Crippen molar-refractivity contribution >= 4 is 23.0 Å². The third kappa shape index (κ3) is 6.06. The van der Waals surface area contributed by atoms with Gasteiger partial charge < -0.3 is 5.32 Å². The van der Waals surface area contributed by atoms with Gasteiger partial charge in [0.2, 0.25) is 12.4 Å². The van der Waals surface area contributed by atoms with Gasteiger partial charge >= 0.3 is 0 Å². The highest BCUT2D eigenvalue weighted by Gasteiger charge is 2.17. The average molecular weight is 429 g/mol. The topological polar surface area (TPSA) is 67.5 Å². The molecule has 1 fully saturated rings. The lowest BCUT2D eigenvalue weighted by Gasteiger charge is -2.25. The number of halogens is 2. The molecule has 0 unspecified atom stereocenters. The van der Waals surface area contributed by atoms with Crippen LogP contribution in [-0.4, -0.2) is 38.3 Å². The summed E-state index contributed by atoms with van der Waals surface area (Å²) in [5.74, 6) is 2.23. The van der Waals surface area contributed by atoms with Gasteiger partial charge in [-0.3, -0.25) is 0 Å². The maximum atomic E-state index is 10.8. The molecule has 0 amide bonds. The molecule has 0 aliphatic heterocycles. The standard InChI is InChI=1S/C20H24N6.C3H6F2/c1-13(2)24-19-14(3)9-16(11-21-19)17-7-8-26-18(17)12-23-20(25-26)22-10-15-5-4-6-15;1-2-3(4)5/h7-9,11-12,15H,4-6,10H2,1-3H3,(H,22,25);3H,2H2,1H3. The summed E-state index contributed by atoms with van der Waals surface area (Å²) in [6, 6.07) is 4.18. The van der Waals surface area contributed by atoms with E-state index in [1.165, 1.54) is 26.2 Å². The molecule has 166 valence electrons. The van der Waals surface area contributed by atoms with Crippen LogP contribution in [0.5, 0.6) is 0 Å². The molecule has 1 aliphatic rings. The number of aryl methyl sites for hydroxylation is 1. The fourth-order valence-corrected chi connectivity index (χ4v) is 3.20. The number of rotatable bonds is 6. The Hall–Kier alpha value is -2.90. The number of fused-ring (bicyclic) bond motifs is 1. The van der Waals surface area contributed by atoms with Crippen molar-refractivity contribution in [3.05, 3.63) is 36.3 Å². The van der Waals surface area contributed by atoms with Crippen LogP contribution in [0.15, 0.2) is 35.7 Å². The van der Waals surface area contributed by atoms with Gasteiger partial charge in [-0.25, -0.2) is 28.3 Å². The van der Waals surface area contributed by atoms with Crippen LogP contribution in [0.25, 0.3) is 16.6 Å². The predicted octanol–water partition coefficient (Wildman–Crippen LogP) is 6.09. The highest BCUT2D eigenvalue weighted by molar-refractivity contribution is 5.83. The van der Waals surface area contributed by atoms with Crippen LogP contribution in [0.1, 0.15) is 52.0 Å². The third-order valence-electron chi connectivity index (χ3n) is 5.19. The quantitative estimate of drug-likeness (QED) is 0.483. The van der Waals surface area contributed by atoms with Gasteiger partial charge in [0, 0.05) is 42.2 Å². The van der Waals surface area contributed by atoms with Crippen LogP contribution < -0.4 is 5.32 Å². The molecule has 3 aromatic rings. The molecular weight excluding hydrogens is 398 g/mol. The van der Waals surface area contributed by atoms with Gasteiger partial charge in [0.15, 0.2) is 5.82 Å². The lowest BCUT2D eigenvalue weighted by molar-refractivity contribution is 0.144. The van der Waals surface area contributed by atoms with E-state index in [1.54, 1.807) is 0 Å². The maximum absolute atomic E-state index is 10.8. The second-order valence-electron chi connectivity index (χ2n) is 8.04. The Morgan fingerprint density at radius 3 is 2.58 bits per heavy atom. The Bertz CT molecular complexity index is 1040. The summed E-state index contributed by atoms with van der Waals surface area (Å²) >= 11 is 0. The second-order valence-corrected chi connectivity index (χ2v) is 8.04. The summed E-state index contributed by atoms with van der Waals surface area (Å²) in [5.41, 5.74) is 5.16. The van der Waals surface area contributed by atoms with E-state index in [0.717, 1.165) is 46.2 Å². The van der Waals surface area contributed by atoms with Gasteiger partial charge in [-0.15, -0.1) is 5.10 Å². The molecule has 6 nitrogen and oxygen atoms in total. The van der Waals surface area contributed by atoms with Crippen molar-refractivity contribution in [2.75, 3.05) is 11.9 Å². The van der Waals surface area contributed by atoms with E-state index in [0.29, 0.717) is 5.95 Å². The summed E-state index contributed by atoms with van der Waals surface area (Å²) in [5, 5.41) is 7.94. The van der Waals surface area contributed by atoms with Crippen molar-refractivity contribution < 1.29 is 8.78 Å². The molecule has 0 bridgehead atoms. The van der Waals surface area contributed by atoms with E-state index in [1.807, 2.05) is 43.9 Å². The fourth-order valence-electron chi connectivity index (χ4n) is 3.20. The van der Waals surface area contributed by atoms with Gasteiger partial charge in [-0.1, -0.05) is 13.3 Å². The smallest absolute Gasteiger partial charge is 0.241 e. The molecular formula is C23H30F2N6. The number of pyridine rings is 1. The van der Waals surface area contributed by atoms with E-state index >= 15 is 0 Å². The van der Waals surface area contributed by atoms with E-state index < -0.39 is 6.43 Å². The van der Waals surface area contributed by atoms with Crippen molar-refractivity contribution in [1.29, 1.82) is 0 Å². The van der Waals surface area contributed by atoms with Gasteiger partial charge in [0.1, 0.15) is 0 Å². The lowest BCUT2D eigenvalue weighted by atomic mass is 9.85. The van der Waals surface area contributed by atoms with E-state index in [-0.39, 0.29) is 6.42 Å². The molecule has 1 saturated carbocycles. The largest absolute Gasteiger partial charge is 0.353 e. The number of hydrogen-bond donors (Lipinski definition) is 1. The molecule has 0 saturated heterocycles. The minimum atomic E-state index is -2.12. The van der Waals surface area contributed by atoms with E-state index in [4.69, 9.17) is 0 Å². The first-order chi connectivity index (χ1) is 14.9. The Labute approximate surface area is 181 Å². The predicted molar refractivity (Wildman–Crippen MR) is 122 cm³/mol. The highest BCUT2D eigenvalue weighted by atomic mass is 19.3. The Balaban J connectivity index is 0.000000491. The van der Waals surface area contributed by atoms with Crippen molar-refractivity contribution in [3.63, 3.8) is 0 Å². The summed E-state index contributed by atoms with van der Waals surface area (Å²) in [7, 11) is 0. The van der Waals surface area contributed by atoms with Gasteiger partial charge in [-0.2, -0.15) is 0 Å². The van der Waals surface area contributed by atoms with Crippen molar-refractivity contribution in [2.24, 2.45) is 10.9 Å². The molecule has 4 rings (SSSR count). The molecule has 1 N–H and O–H groups in total. The number of anilines is 1. The number of hydrogen-bond acceptors (Lipinski definition) is 5. The normalized spacial score (nSPS) is 13.5. The van der Waals surface area contributed by atoms with Crippen LogP contribution in [-0.2, 0) is 0 Å². The van der Waals surface area contributed by atoms with Crippen molar-refractivity contribution in [3.8, 4) is 11.1 Å². The number of nitrogens with zero attached hydrogens (tertiary/aromatic N) is 5. The van der Waals surface area contributed by atoms with E-state index in [2.05, 4.69) is 37.5 Å². The number of aliphatic imine (C=N–C) groups is 1. The van der Waals surface area contributed by atoms with Crippen LogP contribution >= 0.6 is 0 Å². The molecule has 1 aliphatic carbocycles. The summed E-state index contributed by atoms with van der Waals surface area (Å²) in [6.45, 7) is 8.40. The minimum absolute atomic E-state index is 0.0278. The maximum Gasteiger partial charge on any atom is 0.241 e.